The molecule has 0 saturated carbocycles. The first-order chi connectivity index (χ1) is 18.3. The van der Waals surface area contributed by atoms with Gasteiger partial charge in [-0.15, -0.1) is 17.1 Å². The Kier molecular flexibility index (Phi) is 7.50. The number of esters is 1. The molecule has 4 atom stereocenters. The van der Waals surface area contributed by atoms with E-state index >= 15 is 0 Å². The monoisotopic (exact) mass is 570 g/mol. The van der Waals surface area contributed by atoms with Gasteiger partial charge in [0.15, 0.2) is 0 Å². The number of allylic oxidation sites excluding steroid dienone is 2. The molecule has 38 heavy (non-hydrogen) atoms. The summed E-state index contributed by atoms with van der Waals surface area (Å²) in [5.74, 6) is 0.250. The number of nitrogens with one attached hydrogen (secondary N) is 1. The van der Waals surface area contributed by atoms with Gasteiger partial charge in [-0.2, -0.15) is 4.55 Å². The van der Waals surface area contributed by atoms with Gasteiger partial charge in [0, 0.05) is 31.1 Å². The summed E-state index contributed by atoms with van der Waals surface area (Å²) >= 11 is 2.84. The van der Waals surface area contributed by atoms with Crippen LogP contribution in [-0.2, 0) is 26.0 Å². The second-order valence-corrected chi connectivity index (χ2v) is 14.0. The molecule has 3 aliphatic rings. The van der Waals surface area contributed by atoms with Crippen molar-refractivity contribution in [3.05, 3.63) is 93.0 Å². The molecule has 1 aliphatic carbocycles. The van der Waals surface area contributed by atoms with Crippen LogP contribution in [0.25, 0.3) is 5.70 Å². The molecule has 8 nitrogen and oxygen atoms in total. The van der Waals surface area contributed by atoms with Crippen molar-refractivity contribution in [3.8, 4) is 5.75 Å². The Balaban J connectivity index is 1.26. The summed E-state index contributed by atoms with van der Waals surface area (Å²) in [5, 5.41) is 6.10. The minimum atomic E-state index is -3.41. The second kappa shape index (κ2) is 10.7. The Labute approximate surface area is 231 Å². The van der Waals surface area contributed by atoms with Crippen molar-refractivity contribution in [1.29, 1.82) is 0 Å². The maximum Gasteiger partial charge on any atom is 0.337 e. The molecule has 0 spiro atoms. The summed E-state index contributed by atoms with van der Waals surface area (Å²) in [5.41, 5.74) is 5.34. The van der Waals surface area contributed by atoms with E-state index in [2.05, 4.69) is 22.1 Å². The summed E-state index contributed by atoms with van der Waals surface area (Å²) in [7, 11) is -2.06. The van der Waals surface area contributed by atoms with Gasteiger partial charge in [0.2, 0.25) is 0 Å². The maximum absolute atomic E-state index is 13.8. The molecule has 198 valence electrons. The molecular formula is C27H28N3O5S3+. The number of thioether (sulfide) groups is 1. The van der Waals surface area contributed by atoms with Crippen molar-refractivity contribution in [2.45, 2.75) is 36.6 Å². The zero-order valence-electron chi connectivity index (χ0n) is 21.1. The van der Waals surface area contributed by atoms with Gasteiger partial charge in [0.25, 0.3) is 4.08 Å². The molecule has 3 heterocycles. The zero-order valence-corrected chi connectivity index (χ0v) is 23.6. The van der Waals surface area contributed by atoms with Crippen LogP contribution in [0.15, 0.2) is 77.6 Å². The van der Waals surface area contributed by atoms with Crippen LogP contribution < -0.4 is 10.1 Å². The molecule has 0 fully saturated rings. The number of hydrogen-bond acceptors (Lipinski definition) is 8. The molecule has 5 rings (SSSR count). The Morgan fingerprint density at radius 3 is 2.82 bits per heavy atom. The van der Waals surface area contributed by atoms with Crippen molar-refractivity contribution < 1.29 is 23.0 Å². The Morgan fingerprint density at radius 1 is 1.34 bits per heavy atom. The van der Waals surface area contributed by atoms with Gasteiger partial charge < -0.3 is 14.8 Å². The van der Waals surface area contributed by atoms with Crippen molar-refractivity contribution in [2.24, 2.45) is 0 Å². The van der Waals surface area contributed by atoms with Gasteiger partial charge in [-0.05, 0) is 47.0 Å². The number of aromatic nitrogens is 1. The fourth-order valence-corrected chi connectivity index (χ4v) is 8.32. The molecule has 1 aromatic carbocycles. The van der Waals surface area contributed by atoms with E-state index in [0.717, 1.165) is 21.2 Å². The van der Waals surface area contributed by atoms with Crippen LogP contribution in [0.2, 0.25) is 0 Å². The van der Waals surface area contributed by atoms with Crippen LogP contribution in [0.5, 0.6) is 5.75 Å². The van der Waals surface area contributed by atoms with Crippen LogP contribution >= 0.6 is 23.1 Å². The molecule has 4 unspecified atom stereocenters. The number of likely N-dealkylation sites (N-methyl/N-ethyl adjacent to an activating group) is 1. The summed E-state index contributed by atoms with van der Waals surface area (Å²) in [4.78, 5) is 17.1. The standard InChI is InChI=1S/C27H27N3O5S3/c1-4-30(38(32,33)27(2)13-6-14-36-27)23-8-5-7-19-15-22(29-24(19)23)25-28-16-21(37-25)17-35-20-11-9-18(10-12-20)26(31)34-3/h5,7-16,23-24,29H,4,17H2,1-3H3/p+1. The van der Waals surface area contributed by atoms with Crippen molar-refractivity contribution in [3.63, 3.8) is 0 Å². The summed E-state index contributed by atoms with van der Waals surface area (Å²) in [6.07, 6.45) is 11.5. The Morgan fingerprint density at radius 2 is 2.13 bits per heavy atom. The lowest BCUT2D eigenvalue weighted by atomic mass is 9.96. The Hall–Kier alpha value is -2.92. The van der Waals surface area contributed by atoms with E-state index in [1.807, 2.05) is 25.2 Å². The molecule has 1 aromatic heterocycles. The number of nitrogens with zero attached hydrogens (tertiary/aromatic N) is 2. The predicted molar refractivity (Wildman–Crippen MR) is 152 cm³/mol. The fourth-order valence-electron chi connectivity index (χ4n) is 4.51. The van der Waals surface area contributed by atoms with Crippen LogP contribution in [0, 0.1) is 0 Å². The number of benzene rings is 1. The molecular weight excluding hydrogens is 543 g/mol. The molecule has 2 N–H and O–H groups in total. The van der Waals surface area contributed by atoms with Gasteiger partial charge in [-0.3, -0.25) is 0 Å². The van der Waals surface area contributed by atoms with Crippen LogP contribution in [0.3, 0.4) is 0 Å². The Bertz CT molecular complexity index is 1440. The van der Waals surface area contributed by atoms with Crippen molar-refractivity contribution in [2.75, 3.05) is 13.7 Å². The highest BCUT2D eigenvalue weighted by Crippen LogP contribution is 2.44. The summed E-state index contributed by atoms with van der Waals surface area (Å²) < 4.78 is 36.4. The first kappa shape index (κ1) is 26.7. The first-order valence-electron chi connectivity index (χ1n) is 12.0. The summed E-state index contributed by atoms with van der Waals surface area (Å²) in [6, 6.07) is 6.30. The largest absolute Gasteiger partial charge is 0.488 e. The number of carbonyl (C=O) groups is 1. The normalized spacial score (nSPS) is 25.0. The minimum Gasteiger partial charge on any atom is -0.488 e. The van der Waals surface area contributed by atoms with Gasteiger partial charge in [-0.25, -0.2) is 9.78 Å². The lowest BCUT2D eigenvalue weighted by Gasteiger charge is -2.36. The first-order valence-corrected chi connectivity index (χ1v) is 15.2. The van der Waals surface area contributed by atoms with E-state index in [1.54, 1.807) is 53.2 Å². The highest BCUT2D eigenvalue weighted by Gasteiger charge is 2.57. The van der Waals surface area contributed by atoms with Crippen LogP contribution in [0.4, 0.5) is 0 Å². The number of fused-ring (bicyclic) bond motifs is 1. The average molecular weight is 571 g/mol. The lowest BCUT2D eigenvalue weighted by Crippen LogP contribution is -2.57. The van der Waals surface area contributed by atoms with Crippen molar-refractivity contribution >= 4 is 45.2 Å². The third-order valence-electron chi connectivity index (χ3n) is 6.56. The maximum atomic E-state index is 13.8. The third kappa shape index (κ3) is 4.93. The number of hydrogen-bond donors (Lipinski definition) is 2. The molecule has 2 aromatic rings. The quantitative estimate of drug-likeness (QED) is 0.246. The highest BCUT2D eigenvalue weighted by atomic mass is 32.3. The van der Waals surface area contributed by atoms with Crippen LogP contribution in [0.1, 0.15) is 34.1 Å². The predicted octanol–water partition coefficient (Wildman–Crippen LogP) is 5.03. The van der Waals surface area contributed by atoms with E-state index in [-0.39, 0.29) is 12.1 Å². The van der Waals surface area contributed by atoms with Gasteiger partial charge in [0.05, 0.1) is 29.3 Å². The van der Waals surface area contributed by atoms with Gasteiger partial charge in [-0.1, -0.05) is 34.3 Å². The van der Waals surface area contributed by atoms with Gasteiger partial charge >= 0.3 is 16.4 Å². The second-order valence-electron chi connectivity index (χ2n) is 8.95. The van der Waals surface area contributed by atoms with E-state index in [0.29, 0.717) is 24.5 Å². The zero-order chi connectivity index (χ0) is 26.9. The highest BCUT2D eigenvalue weighted by molar-refractivity contribution is 8.18. The molecule has 2 aliphatic heterocycles. The molecule has 0 radical (unpaired) electrons. The smallest absolute Gasteiger partial charge is 0.337 e. The summed E-state index contributed by atoms with van der Waals surface area (Å²) in [6.45, 7) is 4.43. The van der Waals surface area contributed by atoms with E-state index in [1.165, 1.54) is 30.2 Å². The molecule has 0 amide bonds. The van der Waals surface area contributed by atoms with Crippen LogP contribution in [-0.4, -0.2) is 49.6 Å². The number of methoxy groups -OCH3 is 1. The number of rotatable bonds is 9. The fraction of sp³-hybridized carbons (Fsp3) is 0.296. The number of carbonyl (C=O) groups excluding carboxylic acids is 1. The van der Waals surface area contributed by atoms with Crippen molar-refractivity contribution in [1.82, 2.24) is 14.6 Å². The third-order valence-corrected chi connectivity index (χ3v) is 11.7. The molecule has 11 heteroatoms. The molecule has 0 saturated heterocycles. The number of ether oxygens (including phenoxy) is 2. The minimum absolute atomic E-state index is 0.174. The topological polar surface area (TPSA) is 101 Å². The lowest BCUT2D eigenvalue weighted by molar-refractivity contribution is 0.0600. The molecule has 0 bridgehead atoms. The SMILES string of the molecule is CCN(C1C=CC=C2C=C(c3ncc(COc4ccc(C(=O)OC)cc4)s3)NC21)[S+](=O)(O)C1(C)C=C=CS1. The van der Waals surface area contributed by atoms with E-state index in [4.69, 9.17) is 9.47 Å². The van der Waals surface area contributed by atoms with E-state index in [9.17, 15) is 13.6 Å². The number of thiazole rings is 1. The van der Waals surface area contributed by atoms with Gasteiger partial charge in [0.1, 0.15) is 23.4 Å². The average Bonchev–Trinajstić information content (AvgIpc) is 3.68. The van der Waals surface area contributed by atoms with E-state index < -0.39 is 20.4 Å².